The third-order valence-electron chi connectivity index (χ3n) is 5.58. The summed E-state index contributed by atoms with van der Waals surface area (Å²) in [5, 5.41) is 6.97. The van der Waals surface area contributed by atoms with E-state index in [2.05, 4.69) is 20.4 Å². The fraction of sp³-hybridized carbons (Fsp3) is 0.417. The topological polar surface area (TPSA) is 158 Å². The number of amides is 3. The highest BCUT2D eigenvalue weighted by atomic mass is 16.6. The van der Waals surface area contributed by atoms with Crippen molar-refractivity contribution in [3.05, 3.63) is 47.9 Å². The summed E-state index contributed by atoms with van der Waals surface area (Å²) in [6.07, 6.45) is 5.27. The molecule has 1 saturated heterocycles. The lowest BCUT2D eigenvalue weighted by atomic mass is 10.1. The summed E-state index contributed by atoms with van der Waals surface area (Å²) < 4.78 is 12.5. The van der Waals surface area contributed by atoms with Crippen molar-refractivity contribution >= 4 is 23.6 Å². The minimum atomic E-state index is -0.775. The van der Waals surface area contributed by atoms with Crippen molar-refractivity contribution in [1.29, 1.82) is 0 Å². The van der Waals surface area contributed by atoms with Gasteiger partial charge in [-0.25, -0.2) is 9.78 Å². The van der Waals surface area contributed by atoms with Gasteiger partial charge in [-0.2, -0.15) is 5.10 Å². The highest BCUT2D eigenvalue weighted by molar-refractivity contribution is 6.07. The summed E-state index contributed by atoms with van der Waals surface area (Å²) in [6, 6.07) is 3.43. The van der Waals surface area contributed by atoms with Crippen molar-refractivity contribution in [3.63, 3.8) is 0 Å². The van der Waals surface area contributed by atoms with E-state index < -0.39 is 17.4 Å². The fourth-order valence-electron chi connectivity index (χ4n) is 3.87. The van der Waals surface area contributed by atoms with E-state index in [0.717, 1.165) is 5.69 Å². The van der Waals surface area contributed by atoms with Gasteiger partial charge in [0.1, 0.15) is 11.9 Å². The van der Waals surface area contributed by atoms with E-state index in [-0.39, 0.29) is 35.1 Å². The Balaban J connectivity index is 1.45. The average molecular weight is 496 g/mol. The quantitative estimate of drug-likeness (QED) is 0.546. The number of anilines is 1. The first-order valence-corrected chi connectivity index (χ1v) is 11.6. The number of carbonyl (C=O) groups excluding carboxylic acids is 3. The fourth-order valence-corrected chi connectivity index (χ4v) is 3.87. The first-order valence-electron chi connectivity index (χ1n) is 11.6. The van der Waals surface area contributed by atoms with Crippen LogP contribution in [-0.2, 0) is 4.74 Å². The second kappa shape index (κ2) is 9.80. The summed E-state index contributed by atoms with van der Waals surface area (Å²) in [5.41, 5.74) is 6.56. The molecular formula is C24H29N7O5. The monoisotopic (exact) mass is 495 g/mol. The predicted molar refractivity (Wildman–Crippen MR) is 129 cm³/mol. The maximum atomic E-state index is 12.8. The predicted octanol–water partition coefficient (Wildman–Crippen LogP) is 3.16. The Hall–Kier alpha value is -4.22. The van der Waals surface area contributed by atoms with Crippen LogP contribution in [0, 0.1) is 6.92 Å². The lowest BCUT2D eigenvalue weighted by Gasteiger charge is -2.33. The molecule has 1 aliphatic heterocycles. The minimum absolute atomic E-state index is 0.0355. The third-order valence-corrected chi connectivity index (χ3v) is 5.58. The summed E-state index contributed by atoms with van der Waals surface area (Å²) in [5.74, 6) is -1.07. The molecular weight excluding hydrogens is 466 g/mol. The Morgan fingerprint density at radius 3 is 2.58 bits per heavy atom. The maximum absolute atomic E-state index is 12.8. The number of primary amides is 1. The Morgan fingerprint density at radius 2 is 1.94 bits per heavy atom. The lowest BCUT2D eigenvalue weighted by molar-refractivity contribution is 0.0184. The molecule has 4 rings (SSSR count). The molecule has 3 aromatic rings. The van der Waals surface area contributed by atoms with Gasteiger partial charge in [-0.05, 0) is 52.7 Å². The van der Waals surface area contributed by atoms with Crippen molar-refractivity contribution in [1.82, 2.24) is 24.6 Å². The number of aromatic nitrogens is 4. The normalized spacial score (nSPS) is 14.5. The van der Waals surface area contributed by atoms with E-state index in [1.54, 1.807) is 34.1 Å². The molecule has 3 amide bonds. The summed E-state index contributed by atoms with van der Waals surface area (Å²) >= 11 is 0. The van der Waals surface area contributed by atoms with Crippen LogP contribution < -0.4 is 11.1 Å². The molecule has 0 atom stereocenters. The zero-order valence-electron chi connectivity index (χ0n) is 20.6. The van der Waals surface area contributed by atoms with E-state index in [0.29, 0.717) is 31.5 Å². The molecule has 4 heterocycles. The van der Waals surface area contributed by atoms with Crippen LogP contribution in [0.15, 0.2) is 35.2 Å². The number of pyridine rings is 1. The maximum Gasteiger partial charge on any atom is 0.410 e. The number of hydrogen-bond donors (Lipinski definition) is 2. The van der Waals surface area contributed by atoms with Crippen LogP contribution in [0.3, 0.4) is 0 Å². The molecule has 0 aromatic carbocycles. The molecule has 3 N–H and O–H groups in total. The number of carbonyl (C=O) groups is 3. The van der Waals surface area contributed by atoms with Gasteiger partial charge in [0.2, 0.25) is 5.89 Å². The summed E-state index contributed by atoms with van der Waals surface area (Å²) in [6.45, 7) is 8.25. The van der Waals surface area contributed by atoms with Crippen molar-refractivity contribution < 1.29 is 23.5 Å². The first-order chi connectivity index (χ1) is 17.0. The van der Waals surface area contributed by atoms with E-state index in [9.17, 15) is 14.4 Å². The first kappa shape index (κ1) is 24.9. The molecule has 0 saturated carbocycles. The second-order valence-electron chi connectivity index (χ2n) is 9.61. The van der Waals surface area contributed by atoms with E-state index in [4.69, 9.17) is 14.9 Å². The van der Waals surface area contributed by atoms with Crippen LogP contribution in [0.1, 0.15) is 66.3 Å². The van der Waals surface area contributed by atoms with Crippen LogP contribution in [0.2, 0.25) is 0 Å². The molecule has 36 heavy (non-hydrogen) atoms. The Kier molecular flexibility index (Phi) is 6.77. The smallest absolute Gasteiger partial charge is 0.410 e. The van der Waals surface area contributed by atoms with Gasteiger partial charge in [-0.15, -0.1) is 0 Å². The molecule has 1 aliphatic rings. The average Bonchev–Trinajstić information content (AvgIpc) is 3.46. The minimum Gasteiger partial charge on any atom is -0.444 e. The largest absolute Gasteiger partial charge is 0.444 e. The molecule has 3 aromatic heterocycles. The SMILES string of the molecule is Cc1cc(-c2nc(C(=O)Nc3cn(C4CCN(C(=O)OC(C)(C)C)CC4)nc3C(N)=O)co2)ccn1. The third kappa shape index (κ3) is 5.70. The van der Waals surface area contributed by atoms with Gasteiger partial charge in [0.05, 0.1) is 11.7 Å². The highest BCUT2D eigenvalue weighted by Crippen LogP contribution is 2.27. The Labute approximate surface area is 207 Å². The van der Waals surface area contributed by atoms with Crippen molar-refractivity contribution in [2.75, 3.05) is 18.4 Å². The zero-order chi connectivity index (χ0) is 26.0. The van der Waals surface area contributed by atoms with Gasteiger partial charge in [0.25, 0.3) is 11.8 Å². The number of piperidine rings is 1. The van der Waals surface area contributed by atoms with Crippen LogP contribution in [-0.4, -0.2) is 61.2 Å². The van der Waals surface area contributed by atoms with Crippen LogP contribution in [0.5, 0.6) is 0 Å². The molecule has 1 fully saturated rings. The number of nitrogens with zero attached hydrogens (tertiary/aromatic N) is 5. The molecule has 0 bridgehead atoms. The molecule has 0 aliphatic carbocycles. The Morgan fingerprint density at radius 1 is 1.22 bits per heavy atom. The Bertz CT molecular complexity index is 1280. The van der Waals surface area contributed by atoms with Gasteiger partial charge in [0, 0.05) is 36.7 Å². The molecule has 12 heteroatoms. The number of hydrogen-bond acceptors (Lipinski definition) is 8. The molecule has 12 nitrogen and oxygen atoms in total. The highest BCUT2D eigenvalue weighted by Gasteiger charge is 2.29. The number of nitrogens with one attached hydrogen (secondary N) is 1. The summed E-state index contributed by atoms with van der Waals surface area (Å²) in [7, 11) is 0. The zero-order valence-corrected chi connectivity index (χ0v) is 20.6. The molecule has 0 spiro atoms. The number of aryl methyl sites for hydroxylation is 1. The number of rotatable bonds is 5. The van der Waals surface area contributed by atoms with Gasteiger partial charge >= 0.3 is 6.09 Å². The molecule has 0 unspecified atom stereocenters. The van der Waals surface area contributed by atoms with E-state index >= 15 is 0 Å². The molecule has 190 valence electrons. The number of oxazole rings is 1. The van der Waals surface area contributed by atoms with Crippen molar-refractivity contribution in [2.24, 2.45) is 5.73 Å². The van der Waals surface area contributed by atoms with E-state index in [1.165, 1.54) is 6.26 Å². The number of likely N-dealkylation sites (tertiary alicyclic amines) is 1. The van der Waals surface area contributed by atoms with Gasteiger partial charge in [-0.1, -0.05) is 0 Å². The van der Waals surface area contributed by atoms with Crippen molar-refractivity contribution in [2.45, 2.75) is 52.2 Å². The van der Waals surface area contributed by atoms with Crippen LogP contribution in [0.4, 0.5) is 10.5 Å². The summed E-state index contributed by atoms with van der Waals surface area (Å²) in [4.78, 5) is 47.2. The van der Waals surface area contributed by atoms with Gasteiger partial charge in [-0.3, -0.25) is 19.3 Å². The van der Waals surface area contributed by atoms with E-state index in [1.807, 2.05) is 27.7 Å². The molecule has 0 radical (unpaired) electrons. The standard InChI is InChI=1S/C24H29N7O5/c1-14-11-15(5-8-26-14)22-28-18(13-35-22)21(33)27-17-12-31(29-19(17)20(25)32)16-6-9-30(10-7-16)23(34)36-24(2,3)4/h5,8,11-13,16H,6-7,9-10H2,1-4H3,(H2,25,32)(H,27,33). The van der Waals surface area contributed by atoms with Crippen LogP contribution in [0.25, 0.3) is 11.5 Å². The number of nitrogens with two attached hydrogens (primary N) is 1. The number of ether oxygens (including phenoxy) is 1. The van der Waals surface area contributed by atoms with Gasteiger partial charge < -0.3 is 25.1 Å². The second-order valence-corrected chi connectivity index (χ2v) is 9.61. The van der Waals surface area contributed by atoms with Crippen LogP contribution >= 0.6 is 0 Å². The lowest BCUT2D eigenvalue weighted by Crippen LogP contribution is -2.42. The van der Waals surface area contributed by atoms with Crippen molar-refractivity contribution in [3.8, 4) is 11.5 Å². The van der Waals surface area contributed by atoms with Gasteiger partial charge in [0.15, 0.2) is 11.4 Å².